The second-order valence-corrected chi connectivity index (χ2v) is 5.30. The van der Waals surface area contributed by atoms with Gasteiger partial charge in [-0.15, -0.1) is 0 Å². The van der Waals surface area contributed by atoms with Crippen LogP contribution in [0.5, 0.6) is 0 Å². The monoisotopic (exact) mass is 312 g/mol. The van der Waals surface area contributed by atoms with E-state index in [-0.39, 0.29) is 5.91 Å². The van der Waals surface area contributed by atoms with Crippen LogP contribution >= 0.6 is 0 Å². The highest BCUT2D eigenvalue weighted by Gasteiger charge is 2.26. The fraction of sp³-hybridized carbons (Fsp3) is 0.250. The predicted octanol–water partition coefficient (Wildman–Crippen LogP) is 1.84. The molecule has 2 N–H and O–H groups in total. The van der Waals surface area contributed by atoms with E-state index in [4.69, 9.17) is 0 Å². The summed E-state index contributed by atoms with van der Waals surface area (Å²) >= 11 is 0. The Bertz CT molecular complexity index is 745. The van der Waals surface area contributed by atoms with E-state index in [1.807, 2.05) is 0 Å². The lowest BCUT2D eigenvalue weighted by Crippen LogP contribution is -2.18. The average molecular weight is 312 g/mol. The third kappa shape index (κ3) is 3.63. The largest absolute Gasteiger partial charge is 0.465 e. The number of amides is 1. The molecule has 0 aliphatic heterocycles. The van der Waals surface area contributed by atoms with E-state index < -0.39 is 5.97 Å². The number of nitrogens with zero attached hydrogens (tertiary/aromatic N) is 2. The number of methoxy groups -OCH3 is 1. The van der Waals surface area contributed by atoms with Crippen LogP contribution in [0, 0.1) is 0 Å². The number of nitrogens with one attached hydrogen (secondary N) is 2. The molecule has 0 bridgehead atoms. The second kappa shape index (κ2) is 6.43. The number of carbonyl (C=O) groups excluding carboxylic acids is 2. The minimum absolute atomic E-state index is 0.324. The number of rotatable bonds is 5. The van der Waals surface area contributed by atoms with Crippen molar-refractivity contribution in [2.75, 3.05) is 7.11 Å². The molecule has 1 aromatic heterocycles. The average Bonchev–Trinajstić information content (AvgIpc) is 3.31. The second-order valence-electron chi connectivity index (χ2n) is 5.30. The molecule has 1 amide bonds. The topological polar surface area (TPSA) is 96.4 Å². The molecular weight excluding hydrogens is 296 g/mol. The first kappa shape index (κ1) is 15.0. The Labute approximate surface area is 132 Å². The molecule has 0 unspecified atom stereocenters. The summed E-state index contributed by atoms with van der Waals surface area (Å²) in [5.41, 5.74) is 4.95. The van der Waals surface area contributed by atoms with Gasteiger partial charge in [-0.2, -0.15) is 10.2 Å². The SMILES string of the molecule is COC(=O)c1ccc(C=NNC(=O)c2cc(C3CC3)[nH]n2)cc1. The van der Waals surface area contributed by atoms with Crippen molar-refractivity contribution in [3.8, 4) is 0 Å². The first-order valence-electron chi connectivity index (χ1n) is 7.24. The lowest BCUT2D eigenvalue weighted by molar-refractivity contribution is 0.0600. The van der Waals surface area contributed by atoms with Gasteiger partial charge in [-0.3, -0.25) is 9.89 Å². The summed E-state index contributed by atoms with van der Waals surface area (Å²) in [7, 11) is 1.33. The zero-order chi connectivity index (χ0) is 16.2. The van der Waals surface area contributed by atoms with Crippen molar-refractivity contribution in [2.45, 2.75) is 18.8 Å². The Kier molecular flexibility index (Phi) is 4.18. The molecule has 23 heavy (non-hydrogen) atoms. The third-order valence-corrected chi connectivity index (χ3v) is 3.56. The number of aromatic amines is 1. The van der Waals surface area contributed by atoms with Gasteiger partial charge in [-0.25, -0.2) is 10.2 Å². The molecule has 2 aromatic rings. The highest BCUT2D eigenvalue weighted by atomic mass is 16.5. The molecule has 1 saturated carbocycles. The number of hydrazone groups is 1. The van der Waals surface area contributed by atoms with Gasteiger partial charge in [0.05, 0.1) is 18.9 Å². The molecule has 0 atom stereocenters. The number of H-pyrrole nitrogens is 1. The minimum Gasteiger partial charge on any atom is -0.465 e. The van der Waals surface area contributed by atoms with Crippen molar-refractivity contribution in [3.05, 3.63) is 52.8 Å². The smallest absolute Gasteiger partial charge is 0.337 e. The number of aromatic nitrogens is 2. The summed E-state index contributed by atoms with van der Waals surface area (Å²) in [4.78, 5) is 23.2. The van der Waals surface area contributed by atoms with E-state index >= 15 is 0 Å². The summed E-state index contributed by atoms with van der Waals surface area (Å²) in [6.45, 7) is 0. The summed E-state index contributed by atoms with van der Waals surface area (Å²) in [5.74, 6) is -0.247. The Morgan fingerprint density at radius 2 is 2.09 bits per heavy atom. The van der Waals surface area contributed by atoms with E-state index in [1.54, 1.807) is 30.3 Å². The van der Waals surface area contributed by atoms with Gasteiger partial charge in [-0.05, 0) is 36.6 Å². The van der Waals surface area contributed by atoms with Crippen molar-refractivity contribution in [2.24, 2.45) is 5.10 Å². The fourth-order valence-electron chi connectivity index (χ4n) is 2.10. The van der Waals surface area contributed by atoms with Gasteiger partial charge in [0.15, 0.2) is 5.69 Å². The van der Waals surface area contributed by atoms with Crippen LogP contribution in [0.1, 0.15) is 50.9 Å². The maximum absolute atomic E-state index is 11.9. The van der Waals surface area contributed by atoms with E-state index in [2.05, 4.69) is 25.5 Å². The molecule has 3 rings (SSSR count). The number of ether oxygens (including phenoxy) is 1. The van der Waals surface area contributed by atoms with Gasteiger partial charge in [-0.1, -0.05) is 12.1 Å². The molecule has 1 aromatic carbocycles. The molecular formula is C16H16N4O3. The van der Waals surface area contributed by atoms with E-state index in [9.17, 15) is 9.59 Å². The zero-order valence-electron chi connectivity index (χ0n) is 12.6. The molecule has 118 valence electrons. The normalized spacial score (nSPS) is 14.0. The molecule has 7 nitrogen and oxygen atoms in total. The van der Waals surface area contributed by atoms with Gasteiger partial charge in [0.1, 0.15) is 0 Å². The molecule has 0 saturated heterocycles. The number of benzene rings is 1. The Morgan fingerprint density at radius 1 is 1.35 bits per heavy atom. The predicted molar refractivity (Wildman–Crippen MR) is 83.4 cm³/mol. The lowest BCUT2D eigenvalue weighted by atomic mass is 10.1. The van der Waals surface area contributed by atoms with E-state index in [0.29, 0.717) is 17.2 Å². The Morgan fingerprint density at radius 3 is 2.74 bits per heavy atom. The van der Waals surface area contributed by atoms with Crippen LogP contribution in [-0.2, 0) is 4.74 Å². The van der Waals surface area contributed by atoms with Crippen LogP contribution in [0.25, 0.3) is 0 Å². The number of hydrogen-bond donors (Lipinski definition) is 2. The van der Waals surface area contributed by atoms with Gasteiger partial charge >= 0.3 is 5.97 Å². The fourth-order valence-corrected chi connectivity index (χ4v) is 2.10. The van der Waals surface area contributed by atoms with Crippen molar-refractivity contribution in [1.82, 2.24) is 15.6 Å². The number of esters is 1. The van der Waals surface area contributed by atoms with Crippen LogP contribution in [0.3, 0.4) is 0 Å². The van der Waals surface area contributed by atoms with Crippen LogP contribution in [0.4, 0.5) is 0 Å². The number of hydrogen-bond acceptors (Lipinski definition) is 5. The van der Waals surface area contributed by atoms with Gasteiger partial charge in [0, 0.05) is 11.6 Å². The van der Waals surface area contributed by atoms with Gasteiger partial charge < -0.3 is 4.74 Å². The van der Waals surface area contributed by atoms with Crippen LogP contribution in [-0.4, -0.2) is 35.4 Å². The summed E-state index contributed by atoms with van der Waals surface area (Å²) < 4.78 is 4.62. The standard InChI is InChI=1S/C16H16N4O3/c1-23-16(22)12-4-2-10(3-5-12)9-17-20-15(21)14-8-13(18-19-14)11-6-7-11/h2-5,8-9,11H,6-7H2,1H3,(H,18,19)(H,20,21). The van der Waals surface area contributed by atoms with E-state index in [1.165, 1.54) is 13.3 Å². The molecule has 7 heteroatoms. The van der Waals surface area contributed by atoms with Crippen molar-refractivity contribution >= 4 is 18.1 Å². The first-order chi connectivity index (χ1) is 11.2. The molecule has 1 aliphatic carbocycles. The molecule has 1 aliphatic rings. The maximum atomic E-state index is 11.9. The van der Waals surface area contributed by atoms with Gasteiger partial charge in [0.2, 0.25) is 0 Å². The molecule has 0 radical (unpaired) electrons. The summed E-state index contributed by atoms with van der Waals surface area (Å²) in [5, 5.41) is 10.7. The van der Waals surface area contributed by atoms with Crippen LogP contribution in [0.2, 0.25) is 0 Å². The van der Waals surface area contributed by atoms with Crippen LogP contribution in [0.15, 0.2) is 35.4 Å². The minimum atomic E-state index is -0.396. The summed E-state index contributed by atoms with van der Waals surface area (Å²) in [6, 6.07) is 8.44. The zero-order valence-corrected chi connectivity index (χ0v) is 12.6. The Hall–Kier alpha value is -2.96. The van der Waals surface area contributed by atoms with Crippen molar-refractivity contribution in [1.29, 1.82) is 0 Å². The quantitative estimate of drug-likeness (QED) is 0.500. The highest BCUT2D eigenvalue weighted by Crippen LogP contribution is 2.38. The third-order valence-electron chi connectivity index (χ3n) is 3.56. The Balaban J connectivity index is 1.57. The highest BCUT2D eigenvalue weighted by molar-refractivity contribution is 5.93. The van der Waals surface area contributed by atoms with Crippen molar-refractivity contribution in [3.63, 3.8) is 0 Å². The van der Waals surface area contributed by atoms with Crippen molar-refractivity contribution < 1.29 is 14.3 Å². The first-order valence-corrected chi connectivity index (χ1v) is 7.24. The molecule has 1 fully saturated rings. The number of carbonyl (C=O) groups is 2. The van der Waals surface area contributed by atoms with Crippen LogP contribution < -0.4 is 5.43 Å². The molecule has 1 heterocycles. The summed E-state index contributed by atoms with van der Waals surface area (Å²) in [6.07, 6.45) is 3.78. The van der Waals surface area contributed by atoms with Gasteiger partial charge in [0.25, 0.3) is 5.91 Å². The maximum Gasteiger partial charge on any atom is 0.337 e. The lowest BCUT2D eigenvalue weighted by Gasteiger charge is -1.99. The molecule has 0 spiro atoms. The van der Waals surface area contributed by atoms with E-state index in [0.717, 1.165) is 24.1 Å².